The Labute approximate surface area is 98.8 Å². The van der Waals surface area contributed by atoms with Crippen LogP contribution in [0.15, 0.2) is 0 Å². The molecule has 4 heteroatoms. The zero-order valence-corrected chi connectivity index (χ0v) is 10.4. The molecule has 0 aromatic rings. The molecule has 2 atom stereocenters. The van der Waals surface area contributed by atoms with E-state index in [9.17, 15) is 5.11 Å². The van der Waals surface area contributed by atoms with Crippen LogP contribution in [0.25, 0.3) is 0 Å². The van der Waals surface area contributed by atoms with E-state index in [0.717, 1.165) is 32.4 Å². The summed E-state index contributed by atoms with van der Waals surface area (Å²) in [6.07, 6.45) is 5.57. The Bertz CT molecular complexity index is 178. The molecular weight excluding hydrogens is 204 g/mol. The number of hydrogen-bond acceptors (Lipinski definition) is 4. The molecule has 1 saturated heterocycles. The zero-order valence-electron chi connectivity index (χ0n) is 10.4. The van der Waals surface area contributed by atoms with Gasteiger partial charge in [-0.1, -0.05) is 13.3 Å². The lowest BCUT2D eigenvalue weighted by Gasteiger charge is -2.36. The van der Waals surface area contributed by atoms with Gasteiger partial charge in [0.15, 0.2) is 0 Å². The van der Waals surface area contributed by atoms with Gasteiger partial charge in [0.25, 0.3) is 0 Å². The van der Waals surface area contributed by atoms with E-state index in [4.69, 9.17) is 10.5 Å². The van der Waals surface area contributed by atoms with Crippen LogP contribution in [0.1, 0.15) is 39.0 Å². The normalized spacial score (nSPS) is 24.6. The summed E-state index contributed by atoms with van der Waals surface area (Å²) in [5.74, 6) is 0. The number of rotatable bonds is 7. The summed E-state index contributed by atoms with van der Waals surface area (Å²) in [6.45, 7) is 5.00. The standard InChI is InChI=1S/C12H26N2O2/c1-2-3-8-16-12-6-4-5-7-14(12)10-11(15)9-13/h11-12,15H,2-10,13H2,1H3. The summed E-state index contributed by atoms with van der Waals surface area (Å²) in [4.78, 5) is 2.23. The maximum absolute atomic E-state index is 9.58. The van der Waals surface area contributed by atoms with Crippen molar-refractivity contribution in [2.75, 3.05) is 26.2 Å². The van der Waals surface area contributed by atoms with E-state index in [1.807, 2.05) is 0 Å². The van der Waals surface area contributed by atoms with Gasteiger partial charge in [0, 0.05) is 26.2 Å². The Hall–Kier alpha value is -0.160. The van der Waals surface area contributed by atoms with Crippen LogP contribution in [0.3, 0.4) is 0 Å². The molecular formula is C12H26N2O2. The molecule has 96 valence electrons. The van der Waals surface area contributed by atoms with Crippen molar-refractivity contribution in [2.24, 2.45) is 5.73 Å². The lowest BCUT2D eigenvalue weighted by Crippen LogP contribution is -2.46. The predicted molar refractivity (Wildman–Crippen MR) is 65.1 cm³/mol. The molecule has 1 fully saturated rings. The molecule has 4 nitrogen and oxygen atoms in total. The molecule has 1 aliphatic heterocycles. The smallest absolute Gasteiger partial charge is 0.110 e. The van der Waals surface area contributed by atoms with Crippen molar-refractivity contribution < 1.29 is 9.84 Å². The second-order valence-corrected chi connectivity index (χ2v) is 4.56. The van der Waals surface area contributed by atoms with E-state index < -0.39 is 6.10 Å². The highest BCUT2D eigenvalue weighted by Crippen LogP contribution is 2.18. The van der Waals surface area contributed by atoms with E-state index in [-0.39, 0.29) is 6.23 Å². The maximum Gasteiger partial charge on any atom is 0.110 e. The third kappa shape index (κ3) is 4.78. The molecule has 0 aliphatic carbocycles. The van der Waals surface area contributed by atoms with Crippen LogP contribution >= 0.6 is 0 Å². The van der Waals surface area contributed by atoms with E-state index in [2.05, 4.69) is 11.8 Å². The number of piperidine rings is 1. The van der Waals surface area contributed by atoms with Crippen molar-refractivity contribution in [1.82, 2.24) is 4.90 Å². The Morgan fingerprint density at radius 1 is 1.50 bits per heavy atom. The first kappa shape index (κ1) is 13.9. The summed E-state index contributed by atoms with van der Waals surface area (Å²) in [6, 6.07) is 0. The quantitative estimate of drug-likeness (QED) is 0.639. The highest BCUT2D eigenvalue weighted by atomic mass is 16.5. The van der Waals surface area contributed by atoms with Crippen molar-refractivity contribution in [3.05, 3.63) is 0 Å². The van der Waals surface area contributed by atoms with Crippen molar-refractivity contribution in [3.8, 4) is 0 Å². The molecule has 0 spiro atoms. The number of unbranched alkanes of at least 4 members (excludes halogenated alkanes) is 1. The molecule has 0 radical (unpaired) electrons. The Kier molecular flexibility index (Phi) is 6.96. The molecule has 2 unspecified atom stereocenters. The average Bonchev–Trinajstić information content (AvgIpc) is 2.31. The van der Waals surface area contributed by atoms with Gasteiger partial charge in [0.1, 0.15) is 6.23 Å². The molecule has 1 heterocycles. The first-order chi connectivity index (χ1) is 7.77. The maximum atomic E-state index is 9.58. The van der Waals surface area contributed by atoms with Crippen LogP contribution in [0, 0.1) is 0 Å². The Balaban J connectivity index is 2.31. The van der Waals surface area contributed by atoms with Crippen LogP contribution in [0.5, 0.6) is 0 Å². The van der Waals surface area contributed by atoms with Gasteiger partial charge >= 0.3 is 0 Å². The molecule has 1 aliphatic rings. The molecule has 0 aromatic heterocycles. The number of aliphatic hydroxyl groups excluding tert-OH is 1. The summed E-state index contributed by atoms with van der Waals surface area (Å²) in [5.41, 5.74) is 5.44. The molecule has 1 rings (SSSR count). The van der Waals surface area contributed by atoms with Crippen molar-refractivity contribution in [1.29, 1.82) is 0 Å². The van der Waals surface area contributed by atoms with Gasteiger partial charge in [0.2, 0.25) is 0 Å². The molecule has 3 N–H and O–H groups in total. The largest absolute Gasteiger partial charge is 0.390 e. The second kappa shape index (κ2) is 8.01. The number of aliphatic hydroxyl groups is 1. The number of hydrogen-bond donors (Lipinski definition) is 2. The fraction of sp³-hybridized carbons (Fsp3) is 1.00. The lowest BCUT2D eigenvalue weighted by molar-refractivity contribution is -0.0920. The third-order valence-corrected chi connectivity index (χ3v) is 3.08. The second-order valence-electron chi connectivity index (χ2n) is 4.56. The van der Waals surface area contributed by atoms with Gasteiger partial charge in [-0.15, -0.1) is 0 Å². The van der Waals surface area contributed by atoms with Crippen molar-refractivity contribution >= 4 is 0 Å². The number of likely N-dealkylation sites (tertiary alicyclic amines) is 1. The zero-order chi connectivity index (χ0) is 11.8. The lowest BCUT2D eigenvalue weighted by atomic mass is 10.1. The number of nitrogens with two attached hydrogens (primary N) is 1. The molecule has 16 heavy (non-hydrogen) atoms. The van der Waals surface area contributed by atoms with Gasteiger partial charge < -0.3 is 15.6 Å². The van der Waals surface area contributed by atoms with Crippen LogP contribution < -0.4 is 5.73 Å². The van der Waals surface area contributed by atoms with E-state index in [1.165, 1.54) is 12.8 Å². The van der Waals surface area contributed by atoms with Crippen LogP contribution in [-0.4, -0.2) is 48.6 Å². The average molecular weight is 230 g/mol. The minimum Gasteiger partial charge on any atom is -0.390 e. The molecule has 0 amide bonds. The molecule has 0 aromatic carbocycles. The van der Waals surface area contributed by atoms with Crippen molar-refractivity contribution in [3.63, 3.8) is 0 Å². The number of nitrogens with zero attached hydrogens (tertiary/aromatic N) is 1. The van der Waals surface area contributed by atoms with Gasteiger partial charge in [-0.2, -0.15) is 0 Å². The van der Waals surface area contributed by atoms with Crippen molar-refractivity contribution in [2.45, 2.75) is 51.4 Å². The van der Waals surface area contributed by atoms with Gasteiger partial charge in [-0.05, 0) is 25.7 Å². The predicted octanol–water partition coefficient (Wildman–Crippen LogP) is 0.935. The first-order valence-electron chi connectivity index (χ1n) is 6.51. The van der Waals surface area contributed by atoms with Gasteiger partial charge in [-0.3, -0.25) is 4.90 Å². The van der Waals surface area contributed by atoms with E-state index >= 15 is 0 Å². The minimum atomic E-state index is -0.421. The first-order valence-corrected chi connectivity index (χ1v) is 6.51. The number of β-amino-alcohol motifs (C(OH)–C–C–N with tert-alkyl or cyclic N) is 1. The fourth-order valence-corrected chi connectivity index (χ4v) is 2.07. The topological polar surface area (TPSA) is 58.7 Å². The Morgan fingerprint density at radius 3 is 3.00 bits per heavy atom. The monoisotopic (exact) mass is 230 g/mol. The van der Waals surface area contributed by atoms with E-state index in [0.29, 0.717) is 13.1 Å². The summed E-state index contributed by atoms with van der Waals surface area (Å²) < 4.78 is 5.86. The molecule has 0 bridgehead atoms. The highest BCUT2D eigenvalue weighted by Gasteiger charge is 2.24. The number of ether oxygens (including phenoxy) is 1. The third-order valence-electron chi connectivity index (χ3n) is 3.08. The fourth-order valence-electron chi connectivity index (χ4n) is 2.07. The van der Waals surface area contributed by atoms with Gasteiger partial charge in [-0.25, -0.2) is 0 Å². The van der Waals surface area contributed by atoms with Crippen LogP contribution in [0.4, 0.5) is 0 Å². The van der Waals surface area contributed by atoms with Gasteiger partial charge in [0.05, 0.1) is 6.10 Å². The molecule has 0 saturated carbocycles. The van der Waals surface area contributed by atoms with Crippen LogP contribution in [-0.2, 0) is 4.74 Å². The summed E-state index contributed by atoms with van der Waals surface area (Å²) in [7, 11) is 0. The highest BCUT2D eigenvalue weighted by molar-refractivity contribution is 4.73. The minimum absolute atomic E-state index is 0.196. The summed E-state index contributed by atoms with van der Waals surface area (Å²) in [5, 5.41) is 9.58. The Morgan fingerprint density at radius 2 is 2.31 bits per heavy atom. The SMILES string of the molecule is CCCCOC1CCCCN1CC(O)CN. The summed E-state index contributed by atoms with van der Waals surface area (Å²) >= 11 is 0. The van der Waals surface area contributed by atoms with Crippen LogP contribution in [0.2, 0.25) is 0 Å². The van der Waals surface area contributed by atoms with E-state index in [1.54, 1.807) is 0 Å².